The highest BCUT2D eigenvalue weighted by Crippen LogP contribution is 2.56. The summed E-state index contributed by atoms with van der Waals surface area (Å²) in [6, 6.07) is 5.22. The van der Waals surface area contributed by atoms with Gasteiger partial charge in [-0.15, -0.1) is 0 Å². The van der Waals surface area contributed by atoms with Crippen molar-refractivity contribution in [3.05, 3.63) is 60.3 Å². The van der Waals surface area contributed by atoms with Crippen LogP contribution in [0.5, 0.6) is 0 Å². The molecule has 2 aliphatic rings. The molecule has 4 aromatic rings. The Bertz CT molecular complexity index is 1830. The zero-order valence-electron chi connectivity index (χ0n) is 25.6. The number of alkyl halides is 3. The minimum absolute atomic E-state index is 0.183. The summed E-state index contributed by atoms with van der Waals surface area (Å²) >= 11 is 0. The summed E-state index contributed by atoms with van der Waals surface area (Å²) < 4.78 is 56.7. The summed E-state index contributed by atoms with van der Waals surface area (Å²) in [6.07, 6.45) is 2.93. The number of fused-ring (bicyclic) bond motifs is 1. The molecule has 1 N–H and O–H groups in total. The van der Waals surface area contributed by atoms with Crippen molar-refractivity contribution >= 4 is 56.2 Å². The molecule has 0 atom stereocenters. The number of amides is 1. The Hall–Kier alpha value is -4.06. The molecule has 6 heterocycles. The summed E-state index contributed by atoms with van der Waals surface area (Å²) in [7, 11) is 10.1. The second-order valence-corrected chi connectivity index (χ2v) is 13.6. The quantitative estimate of drug-likeness (QED) is 0.216. The van der Waals surface area contributed by atoms with Crippen molar-refractivity contribution in [3.8, 4) is 17.3 Å². The van der Waals surface area contributed by atoms with Crippen molar-refractivity contribution < 1.29 is 22.4 Å². The third-order valence-corrected chi connectivity index (χ3v) is 10.2. The molecule has 2 saturated heterocycles. The number of rotatable bonds is 5. The number of H-pyrrole nitrogens is 1. The molecule has 0 radical (unpaired) electrons. The lowest BCUT2D eigenvalue weighted by Gasteiger charge is -2.70. The average Bonchev–Trinajstić information content (AvgIpc) is 3.62. The number of carbonyl (C=O) groups is 1. The molecule has 45 heavy (non-hydrogen) atoms. The van der Waals surface area contributed by atoms with Crippen LogP contribution >= 0.6 is 0 Å². The van der Waals surface area contributed by atoms with Gasteiger partial charge in [0.1, 0.15) is 56.7 Å². The van der Waals surface area contributed by atoms with E-state index in [4.69, 9.17) is 0 Å². The summed E-state index contributed by atoms with van der Waals surface area (Å²) in [5, 5.41) is 14.2. The maximum Gasteiger partial charge on any atom is 0.436 e. The van der Waals surface area contributed by atoms with E-state index in [2.05, 4.69) is 43.9 Å². The van der Waals surface area contributed by atoms with E-state index < -0.39 is 50.6 Å². The molecule has 226 valence electrons. The van der Waals surface area contributed by atoms with Crippen LogP contribution in [0.25, 0.3) is 22.3 Å². The van der Waals surface area contributed by atoms with Crippen molar-refractivity contribution in [1.82, 2.24) is 39.5 Å². The highest BCUT2D eigenvalue weighted by atomic mass is 19.4. The van der Waals surface area contributed by atoms with Crippen LogP contribution in [0.15, 0.2) is 43.2 Å². The van der Waals surface area contributed by atoms with Gasteiger partial charge < -0.3 is 14.8 Å². The van der Waals surface area contributed by atoms with E-state index in [0.29, 0.717) is 18.7 Å². The monoisotopic (exact) mass is 613 g/mol. The van der Waals surface area contributed by atoms with Gasteiger partial charge >= 0.3 is 6.18 Å². The molecule has 0 saturated carbocycles. The Kier molecular flexibility index (Phi) is 7.04. The molecule has 2 aliphatic heterocycles. The van der Waals surface area contributed by atoms with E-state index >= 15 is 0 Å². The highest BCUT2D eigenvalue weighted by molar-refractivity contribution is 6.53. The van der Waals surface area contributed by atoms with Crippen LogP contribution in [0.1, 0.15) is 22.5 Å². The lowest BCUT2D eigenvalue weighted by Crippen LogP contribution is -2.80. The Morgan fingerprint density at radius 3 is 2.38 bits per heavy atom. The van der Waals surface area contributed by atoms with Gasteiger partial charge in [-0.1, -0.05) is 10.4 Å². The molecular weight excluding hydrogens is 584 g/mol. The number of nitriles is 1. The van der Waals surface area contributed by atoms with Gasteiger partial charge in [0.25, 0.3) is 5.91 Å². The van der Waals surface area contributed by atoms with Gasteiger partial charge in [0, 0.05) is 55.7 Å². The number of pyridine rings is 1. The van der Waals surface area contributed by atoms with Gasteiger partial charge in [-0.3, -0.25) is 9.48 Å². The first-order valence-corrected chi connectivity index (χ1v) is 14.5. The summed E-state index contributed by atoms with van der Waals surface area (Å²) in [5.74, 6) is -2.47. The van der Waals surface area contributed by atoms with Gasteiger partial charge in [-0.05, 0) is 17.6 Å². The number of hydrogen-bond acceptors (Lipinski definition) is 7. The van der Waals surface area contributed by atoms with Crippen molar-refractivity contribution in [2.45, 2.75) is 34.0 Å². The predicted molar refractivity (Wildman–Crippen MR) is 171 cm³/mol. The molecule has 4 aromatic heterocycles. The third-order valence-electron chi connectivity index (χ3n) is 10.2. The average molecular weight is 613 g/mol. The lowest BCUT2D eigenvalue weighted by molar-refractivity contribution is -0.143. The Labute approximate surface area is 261 Å². The second-order valence-electron chi connectivity index (χ2n) is 13.6. The number of aromatic nitrogens is 6. The first-order chi connectivity index (χ1) is 21.0. The van der Waals surface area contributed by atoms with Crippen LogP contribution < -0.4 is 0 Å². The minimum Gasteiger partial charge on any atom is -0.346 e. The van der Waals surface area contributed by atoms with Gasteiger partial charge in [0.2, 0.25) is 0 Å². The molecule has 1 amide bonds. The number of nitrogens with one attached hydrogen (secondary N) is 1. The molecule has 19 heteroatoms. The van der Waals surface area contributed by atoms with E-state index in [1.165, 1.54) is 11.2 Å². The van der Waals surface area contributed by atoms with Crippen LogP contribution in [0.2, 0.25) is 10.4 Å². The highest BCUT2D eigenvalue weighted by Gasteiger charge is 2.63. The standard InChI is InChI=1S/C26H28B5F4N9O/c27-23(28)11-42(21(45)15-1-5-37-19(17(15)32)25(33,34)35)12-24(29,30)26(23,31)43-9-22(10-43,3-4-36)44-8-14(7-41-44)18-16-2-6-38-20(16)40-13-39-18/h1-2,5-8,13H,3,9-12,27-31H2,(H,38,39,40). The molecule has 6 rings (SSSR count). The largest absolute Gasteiger partial charge is 0.436 e. The predicted octanol–water partition coefficient (Wildman–Crippen LogP) is -1.45. The van der Waals surface area contributed by atoms with Crippen molar-refractivity contribution in [2.24, 2.45) is 0 Å². The minimum atomic E-state index is -5.02. The number of nitrogens with zero attached hydrogens (tertiary/aromatic N) is 8. The number of piperidine rings is 1. The van der Waals surface area contributed by atoms with E-state index in [1.54, 1.807) is 12.4 Å². The van der Waals surface area contributed by atoms with Crippen LogP contribution in [-0.4, -0.2) is 116 Å². The van der Waals surface area contributed by atoms with Gasteiger partial charge in [0.05, 0.1) is 29.9 Å². The van der Waals surface area contributed by atoms with E-state index in [1.807, 2.05) is 48.3 Å². The third kappa shape index (κ3) is 4.67. The zero-order chi connectivity index (χ0) is 32.6. The van der Waals surface area contributed by atoms with Crippen LogP contribution in [0.4, 0.5) is 17.6 Å². The maximum absolute atomic E-state index is 14.9. The lowest BCUT2D eigenvalue weighted by atomic mass is 9.24. The molecule has 0 bridgehead atoms. The van der Waals surface area contributed by atoms with Crippen molar-refractivity contribution in [2.75, 3.05) is 26.2 Å². The molecule has 0 unspecified atom stereocenters. The summed E-state index contributed by atoms with van der Waals surface area (Å²) in [6.45, 7) is 1.39. The van der Waals surface area contributed by atoms with E-state index in [9.17, 15) is 27.6 Å². The van der Waals surface area contributed by atoms with Crippen molar-refractivity contribution in [1.29, 1.82) is 5.26 Å². The fourth-order valence-corrected chi connectivity index (χ4v) is 7.48. The van der Waals surface area contributed by atoms with Crippen LogP contribution in [-0.2, 0) is 11.7 Å². The van der Waals surface area contributed by atoms with Crippen molar-refractivity contribution in [3.63, 3.8) is 0 Å². The Morgan fingerprint density at radius 1 is 1.04 bits per heavy atom. The molecular formula is C26H28B5F4N9O. The van der Waals surface area contributed by atoms with E-state index in [0.717, 1.165) is 28.9 Å². The first-order valence-electron chi connectivity index (χ1n) is 14.5. The maximum atomic E-state index is 14.9. The van der Waals surface area contributed by atoms with Gasteiger partial charge in [-0.2, -0.15) is 23.5 Å². The van der Waals surface area contributed by atoms with Crippen LogP contribution in [0, 0.1) is 17.1 Å². The number of carbonyl (C=O) groups excluding carboxylic acids is 1. The molecule has 10 nitrogen and oxygen atoms in total. The molecule has 0 spiro atoms. The topological polar surface area (TPSA) is 120 Å². The fraction of sp³-hybridized carbons (Fsp3) is 0.385. The first kappa shape index (κ1) is 30.9. The molecule has 2 fully saturated rings. The summed E-state index contributed by atoms with van der Waals surface area (Å²) in [4.78, 5) is 32.2. The Balaban J connectivity index is 1.27. The van der Waals surface area contributed by atoms with E-state index in [-0.39, 0.29) is 19.5 Å². The van der Waals surface area contributed by atoms with Gasteiger partial charge in [-0.25, -0.2) is 19.3 Å². The molecule has 0 aliphatic carbocycles. The normalized spacial score (nSPS) is 20.4. The van der Waals surface area contributed by atoms with Gasteiger partial charge in [0.15, 0.2) is 11.5 Å². The number of likely N-dealkylation sites (tertiary alicyclic amines) is 2. The van der Waals surface area contributed by atoms with Crippen LogP contribution in [0.3, 0.4) is 0 Å². The molecule has 0 aromatic carbocycles. The second kappa shape index (κ2) is 10.2. The number of aromatic amines is 1. The zero-order valence-corrected chi connectivity index (χ0v) is 25.6. The number of halogens is 4. The number of hydrogen-bond donors (Lipinski definition) is 1. The SMILES string of the molecule is BC1(B)CN(C(=O)c2ccnc(C(F)(F)F)c2F)CC(B)(B)C1(B)N1CC(CC#N)(n2cc(-c3ncnc4[nH]ccc34)cn2)C1. The fourth-order valence-electron chi connectivity index (χ4n) is 7.48. The smallest absolute Gasteiger partial charge is 0.346 e. The Morgan fingerprint density at radius 2 is 1.73 bits per heavy atom. The summed E-state index contributed by atoms with van der Waals surface area (Å²) in [5.41, 5.74) is -1.24.